The first-order valence-corrected chi connectivity index (χ1v) is 11.3. The van der Waals surface area contributed by atoms with E-state index in [-0.39, 0.29) is 28.0 Å². The summed E-state index contributed by atoms with van der Waals surface area (Å²) in [7, 11) is 0. The number of Topliss-reactive ketones (excluding diaryl/α,β-unsaturated/α-hetero) is 1. The fourth-order valence-corrected chi connectivity index (χ4v) is 5.09. The van der Waals surface area contributed by atoms with E-state index < -0.39 is 17.5 Å². The predicted octanol–water partition coefficient (Wildman–Crippen LogP) is 7.50. The van der Waals surface area contributed by atoms with Crippen molar-refractivity contribution in [1.29, 1.82) is 0 Å². The SMILES string of the molecule is O=C(c1ccc(-c2ccc(Nc3nc4c(F)cc(F)cc4s3)c(F)c2)cc1)C1CCCC1. The third-order valence-corrected chi connectivity index (χ3v) is 6.77. The fraction of sp³-hybridized carbons (Fsp3) is 0.200. The molecule has 4 aromatic rings. The smallest absolute Gasteiger partial charge is 0.188 e. The van der Waals surface area contributed by atoms with Crippen LogP contribution in [0.1, 0.15) is 36.0 Å². The quantitative estimate of drug-likeness (QED) is 0.319. The van der Waals surface area contributed by atoms with Gasteiger partial charge in [-0.1, -0.05) is 54.5 Å². The second-order valence-electron chi connectivity index (χ2n) is 8.00. The molecule has 1 saturated carbocycles. The van der Waals surface area contributed by atoms with Gasteiger partial charge in [0.25, 0.3) is 0 Å². The van der Waals surface area contributed by atoms with Gasteiger partial charge >= 0.3 is 0 Å². The van der Waals surface area contributed by atoms with Crippen molar-refractivity contribution in [3.05, 3.63) is 77.6 Å². The molecule has 0 amide bonds. The Bertz CT molecular complexity index is 1310. The highest BCUT2D eigenvalue weighted by molar-refractivity contribution is 7.22. The number of carbonyl (C=O) groups excluding carboxylic acids is 1. The highest BCUT2D eigenvalue weighted by Crippen LogP contribution is 2.33. The molecule has 1 aliphatic rings. The lowest BCUT2D eigenvalue weighted by Gasteiger charge is -2.10. The van der Waals surface area contributed by atoms with Crippen molar-refractivity contribution in [1.82, 2.24) is 4.98 Å². The van der Waals surface area contributed by atoms with Gasteiger partial charge in [0.2, 0.25) is 0 Å². The van der Waals surface area contributed by atoms with Crippen LogP contribution < -0.4 is 5.32 Å². The lowest BCUT2D eigenvalue weighted by Crippen LogP contribution is -2.10. The highest BCUT2D eigenvalue weighted by atomic mass is 32.1. The van der Waals surface area contributed by atoms with Crippen molar-refractivity contribution < 1.29 is 18.0 Å². The van der Waals surface area contributed by atoms with E-state index in [2.05, 4.69) is 10.3 Å². The summed E-state index contributed by atoms with van der Waals surface area (Å²) in [6, 6.07) is 13.9. The predicted molar refractivity (Wildman–Crippen MR) is 121 cm³/mol. The Balaban J connectivity index is 1.35. The molecule has 1 fully saturated rings. The molecule has 0 saturated heterocycles. The minimum Gasteiger partial charge on any atom is -0.329 e. The van der Waals surface area contributed by atoms with E-state index in [4.69, 9.17) is 0 Å². The van der Waals surface area contributed by atoms with Gasteiger partial charge in [0.05, 0.1) is 10.4 Å². The van der Waals surface area contributed by atoms with Crippen LogP contribution in [0.5, 0.6) is 0 Å². The van der Waals surface area contributed by atoms with Gasteiger partial charge in [0.1, 0.15) is 17.2 Å². The molecule has 0 radical (unpaired) electrons. The first-order chi connectivity index (χ1) is 15.5. The monoisotopic (exact) mass is 452 g/mol. The number of benzene rings is 3. The Morgan fingerprint density at radius 3 is 2.34 bits per heavy atom. The number of halogens is 3. The number of rotatable bonds is 5. The van der Waals surface area contributed by atoms with Crippen LogP contribution in [0.15, 0.2) is 54.6 Å². The van der Waals surface area contributed by atoms with Crippen LogP contribution in [0.3, 0.4) is 0 Å². The molecule has 1 heterocycles. The number of fused-ring (bicyclic) bond motifs is 1. The molecule has 1 aromatic heterocycles. The van der Waals surface area contributed by atoms with Crippen LogP contribution in [-0.2, 0) is 0 Å². The highest BCUT2D eigenvalue weighted by Gasteiger charge is 2.23. The van der Waals surface area contributed by atoms with Crippen molar-refractivity contribution in [2.45, 2.75) is 25.7 Å². The first-order valence-electron chi connectivity index (χ1n) is 10.4. The minimum atomic E-state index is -0.755. The molecule has 0 atom stereocenters. The number of ketones is 1. The van der Waals surface area contributed by atoms with Crippen LogP contribution in [0.2, 0.25) is 0 Å². The standard InChI is InChI=1S/C25H19F3N2OS/c26-18-12-20(28)23-22(13-18)32-25(30-23)29-21-10-9-17(11-19(21)27)14-5-7-16(8-6-14)24(31)15-3-1-2-4-15/h5-13,15H,1-4H2,(H,29,30). The zero-order valence-electron chi connectivity index (χ0n) is 17.0. The first kappa shape index (κ1) is 20.7. The van der Waals surface area contributed by atoms with Crippen LogP contribution in [0.4, 0.5) is 24.0 Å². The molecular weight excluding hydrogens is 433 g/mol. The summed E-state index contributed by atoms with van der Waals surface area (Å²) in [4.78, 5) is 16.7. The number of nitrogens with zero attached hydrogens (tertiary/aromatic N) is 1. The van der Waals surface area contributed by atoms with Gasteiger partial charge in [-0.15, -0.1) is 0 Å². The molecular formula is C25H19F3N2OS. The molecule has 0 bridgehead atoms. The largest absolute Gasteiger partial charge is 0.329 e. The van der Waals surface area contributed by atoms with E-state index in [0.29, 0.717) is 15.8 Å². The zero-order valence-corrected chi connectivity index (χ0v) is 17.8. The van der Waals surface area contributed by atoms with E-state index in [1.165, 1.54) is 12.1 Å². The van der Waals surface area contributed by atoms with Crippen molar-refractivity contribution in [3.63, 3.8) is 0 Å². The number of hydrogen-bond donors (Lipinski definition) is 1. The maximum atomic E-state index is 14.8. The summed E-state index contributed by atoms with van der Waals surface area (Å²) >= 11 is 1.04. The lowest BCUT2D eigenvalue weighted by atomic mass is 9.94. The summed E-state index contributed by atoms with van der Waals surface area (Å²) in [6.07, 6.45) is 4.13. The molecule has 0 spiro atoms. The van der Waals surface area contributed by atoms with Gasteiger partial charge in [-0.3, -0.25) is 4.79 Å². The molecule has 0 unspecified atom stereocenters. The maximum Gasteiger partial charge on any atom is 0.188 e. The number of aromatic nitrogens is 1. The van der Waals surface area contributed by atoms with Crippen molar-refractivity contribution >= 4 is 38.2 Å². The molecule has 3 aromatic carbocycles. The van der Waals surface area contributed by atoms with E-state index in [0.717, 1.165) is 48.6 Å². The third-order valence-electron chi connectivity index (χ3n) is 5.85. The Hall–Kier alpha value is -3.19. The number of nitrogens with one attached hydrogen (secondary N) is 1. The van der Waals surface area contributed by atoms with Crippen LogP contribution in [-0.4, -0.2) is 10.8 Å². The molecule has 162 valence electrons. The topological polar surface area (TPSA) is 42.0 Å². The number of thiazole rings is 1. The van der Waals surface area contributed by atoms with Gasteiger partial charge in [-0.2, -0.15) is 0 Å². The van der Waals surface area contributed by atoms with E-state index in [9.17, 15) is 18.0 Å². The fourth-order valence-electron chi connectivity index (χ4n) is 4.17. The average molecular weight is 453 g/mol. The molecule has 3 nitrogen and oxygen atoms in total. The second-order valence-corrected chi connectivity index (χ2v) is 9.03. The summed E-state index contributed by atoms with van der Waals surface area (Å²) in [5.74, 6) is -1.63. The Morgan fingerprint density at radius 2 is 1.62 bits per heavy atom. The molecule has 32 heavy (non-hydrogen) atoms. The number of hydrogen-bond acceptors (Lipinski definition) is 4. The Kier molecular flexibility index (Phi) is 5.43. The maximum absolute atomic E-state index is 14.8. The van der Waals surface area contributed by atoms with Gasteiger partial charge < -0.3 is 5.32 Å². The Labute approximate surface area is 186 Å². The molecule has 7 heteroatoms. The summed E-state index contributed by atoms with van der Waals surface area (Å²) in [6.45, 7) is 0. The van der Waals surface area contributed by atoms with E-state index >= 15 is 0 Å². The number of anilines is 2. The van der Waals surface area contributed by atoms with Gasteiger partial charge in [0.15, 0.2) is 16.7 Å². The van der Waals surface area contributed by atoms with Gasteiger partial charge in [-0.25, -0.2) is 18.2 Å². The molecule has 0 aliphatic heterocycles. The Morgan fingerprint density at radius 1 is 0.906 bits per heavy atom. The average Bonchev–Trinajstić information content (AvgIpc) is 3.45. The molecule has 1 N–H and O–H groups in total. The van der Waals surface area contributed by atoms with Gasteiger partial charge in [-0.05, 0) is 42.2 Å². The van der Waals surface area contributed by atoms with E-state index in [1.807, 2.05) is 12.1 Å². The van der Waals surface area contributed by atoms with E-state index in [1.54, 1.807) is 24.3 Å². The summed E-state index contributed by atoms with van der Waals surface area (Å²) < 4.78 is 42.4. The molecule has 1 aliphatic carbocycles. The normalized spacial score (nSPS) is 14.2. The lowest BCUT2D eigenvalue weighted by molar-refractivity contribution is 0.0923. The summed E-state index contributed by atoms with van der Waals surface area (Å²) in [5.41, 5.74) is 2.39. The summed E-state index contributed by atoms with van der Waals surface area (Å²) in [5, 5.41) is 3.11. The van der Waals surface area contributed by atoms with Crippen molar-refractivity contribution in [2.24, 2.45) is 5.92 Å². The van der Waals surface area contributed by atoms with Crippen LogP contribution in [0, 0.1) is 23.4 Å². The minimum absolute atomic E-state index is 0.0446. The van der Waals surface area contributed by atoms with Crippen LogP contribution >= 0.6 is 11.3 Å². The second kappa shape index (κ2) is 8.39. The third kappa shape index (κ3) is 4.00. The van der Waals surface area contributed by atoms with Crippen LogP contribution in [0.25, 0.3) is 21.3 Å². The van der Waals surface area contributed by atoms with Crippen molar-refractivity contribution in [2.75, 3.05) is 5.32 Å². The number of carbonyl (C=O) groups is 1. The van der Waals surface area contributed by atoms with Gasteiger partial charge in [0, 0.05) is 17.5 Å². The zero-order chi connectivity index (χ0) is 22.2. The van der Waals surface area contributed by atoms with Crippen molar-refractivity contribution in [3.8, 4) is 11.1 Å². The molecule has 5 rings (SSSR count).